The Labute approximate surface area is 168 Å². The smallest absolute Gasteiger partial charge is 0.295 e. The molecule has 3 aromatic rings. The second-order valence-electron chi connectivity index (χ2n) is 6.93. The summed E-state index contributed by atoms with van der Waals surface area (Å²) in [6.07, 6.45) is 6.37. The average Bonchev–Trinajstić information content (AvgIpc) is 3.00. The van der Waals surface area contributed by atoms with Crippen molar-refractivity contribution in [3.05, 3.63) is 101 Å². The number of likely N-dealkylation sites (tertiary alicyclic amines) is 1. The fourth-order valence-electron chi connectivity index (χ4n) is 3.49. The van der Waals surface area contributed by atoms with Crippen LogP contribution in [0.25, 0.3) is 5.76 Å². The lowest BCUT2D eigenvalue weighted by Crippen LogP contribution is -2.29. The van der Waals surface area contributed by atoms with E-state index < -0.39 is 17.7 Å². The molecular weight excluding hydrogens is 366 g/mol. The van der Waals surface area contributed by atoms with Gasteiger partial charge in [-0.3, -0.25) is 19.6 Å². The zero-order valence-corrected chi connectivity index (χ0v) is 15.8. The van der Waals surface area contributed by atoms with Gasteiger partial charge in [0.05, 0.1) is 11.6 Å². The number of carbonyl (C=O) groups excluding carboxylic acids is 2. The standard InChI is InChI=1S/C23H19N3O3/c1-15-4-6-17(7-5-15)20-19(21(27)18-8-11-24-12-9-18)22(28)23(29)26(20)14-16-3-2-10-25-13-16/h2-13,20,27H,14H2,1H3. The van der Waals surface area contributed by atoms with Gasteiger partial charge >= 0.3 is 0 Å². The first kappa shape index (κ1) is 18.6. The molecule has 1 aliphatic heterocycles. The summed E-state index contributed by atoms with van der Waals surface area (Å²) in [5.74, 6) is -1.55. The Morgan fingerprint density at radius 3 is 2.38 bits per heavy atom. The summed E-state index contributed by atoms with van der Waals surface area (Å²) in [4.78, 5) is 35.4. The fraction of sp³-hybridized carbons (Fsp3) is 0.130. The number of rotatable bonds is 4. The molecule has 2 aromatic heterocycles. The fourth-order valence-corrected chi connectivity index (χ4v) is 3.49. The third-order valence-corrected chi connectivity index (χ3v) is 4.96. The molecular formula is C23H19N3O3. The summed E-state index contributed by atoms with van der Waals surface area (Å²) in [5.41, 5.74) is 3.14. The van der Waals surface area contributed by atoms with E-state index in [9.17, 15) is 14.7 Å². The summed E-state index contributed by atoms with van der Waals surface area (Å²) >= 11 is 0. The molecule has 29 heavy (non-hydrogen) atoms. The van der Waals surface area contributed by atoms with Crippen LogP contribution >= 0.6 is 0 Å². The van der Waals surface area contributed by atoms with Crippen LogP contribution < -0.4 is 0 Å². The van der Waals surface area contributed by atoms with Crippen LogP contribution in [-0.2, 0) is 16.1 Å². The molecule has 0 spiro atoms. The first-order valence-corrected chi connectivity index (χ1v) is 9.20. The number of amides is 1. The molecule has 0 bridgehead atoms. The van der Waals surface area contributed by atoms with E-state index in [1.165, 1.54) is 17.3 Å². The van der Waals surface area contributed by atoms with Crippen molar-refractivity contribution in [3.63, 3.8) is 0 Å². The van der Waals surface area contributed by atoms with E-state index >= 15 is 0 Å². The first-order chi connectivity index (χ1) is 14.1. The van der Waals surface area contributed by atoms with Crippen LogP contribution in [0.1, 0.15) is 28.3 Å². The molecule has 0 saturated carbocycles. The van der Waals surface area contributed by atoms with Crippen LogP contribution in [-0.4, -0.2) is 31.7 Å². The van der Waals surface area contributed by atoms with Crippen molar-refractivity contribution < 1.29 is 14.7 Å². The SMILES string of the molecule is Cc1ccc(C2C(=C(O)c3ccncc3)C(=O)C(=O)N2Cc2cccnc2)cc1. The molecule has 3 heterocycles. The minimum absolute atomic E-state index is 0.0777. The zero-order valence-electron chi connectivity index (χ0n) is 15.8. The van der Waals surface area contributed by atoms with Crippen LogP contribution in [0.5, 0.6) is 0 Å². The van der Waals surface area contributed by atoms with Crippen molar-refractivity contribution in [2.45, 2.75) is 19.5 Å². The quantitative estimate of drug-likeness (QED) is 0.423. The highest BCUT2D eigenvalue weighted by molar-refractivity contribution is 6.46. The van der Waals surface area contributed by atoms with Gasteiger partial charge in [-0.2, -0.15) is 0 Å². The van der Waals surface area contributed by atoms with Crippen molar-refractivity contribution in [3.8, 4) is 0 Å². The average molecular weight is 385 g/mol. The molecule has 1 aliphatic rings. The van der Waals surface area contributed by atoms with E-state index in [0.29, 0.717) is 5.56 Å². The summed E-state index contributed by atoms with van der Waals surface area (Å²) in [6, 6.07) is 13.8. The number of Topliss-reactive ketones (excluding diaryl/α,β-unsaturated/α-hetero) is 1. The van der Waals surface area contributed by atoms with E-state index in [4.69, 9.17) is 0 Å². The molecule has 1 atom stereocenters. The van der Waals surface area contributed by atoms with Crippen LogP contribution in [0.2, 0.25) is 0 Å². The Balaban J connectivity index is 1.86. The molecule has 0 aliphatic carbocycles. The highest BCUT2D eigenvalue weighted by Gasteiger charge is 2.46. The largest absolute Gasteiger partial charge is 0.507 e. The molecule has 4 rings (SSSR count). The van der Waals surface area contributed by atoms with Crippen molar-refractivity contribution in [2.75, 3.05) is 0 Å². The normalized spacial score (nSPS) is 18.2. The Hall–Kier alpha value is -3.80. The minimum atomic E-state index is -0.700. The highest BCUT2D eigenvalue weighted by atomic mass is 16.3. The van der Waals surface area contributed by atoms with Gasteiger partial charge in [0.25, 0.3) is 11.7 Å². The van der Waals surface area contributed by atoms with E-state index in [-0.39, 0.29) is 17.9 Å². The van der Waals surface area contributed by atoms with Crippen LogP contribution in [0.15, 0.2) is 78.9 Å². The molecule has 1 saturated heterocycles. The maximum Gasteiger partial charge on any atom is 0.295 e. The number of aliphatic hydroxyl groups excluding tert-OH is 1. The monoisotopic (exact) mass is 385 g/mol. The summed E-state index contributed by atoms with van der Waals surface area (Å²) in [5, 5.41) is 10.9. The Morgan fingerprint density at radius 1 is 1.00 bits per heavy atom. The number of pyridine rings is 2. The Morgan fingerprint density at radius 2 is 1.72 bits per heavy atom. The number of benzene rings is 1. The molecule has 6 heteroatoms. The van der Waals surface area contributed by atoms with Crippen molar-refractivity contribution in [1.82, 2.24) is 14.9 Å². The third-order valence-electron chi connectivity index (χ3n) is 4.96. The van der Waals surface area contributed by atoms with Crippen molar-refractivity contribution in [1.29, 1.82) is 0 Å². The van der Waals surface area contributed by atoms with Gasteiger partial charge in [-0.1, -0.05) is 35.9 Å². The van der Waals surface area contributed by atoms with Crippen LogP contribution in [0, 0.1) is 6.92 Å². The predicted octanol–water partition coefficient (Wildman–Crippen LogP) is 3.41. The number of aliphatic hydroxyl groups is 1. The maximum absolute atomic E-state index is 12.9. The molecule has 0 radical (unpaired) electrons. The van der Waals surface area contributed by atoms with E-state index in [0.717, 1.165) is 16.7 Å². The van der Waals surface area contributed by atoms with Gasteiger partial charge in [0, 0.05) is 36.9 Å². The van der Waals surface area contributed by atoms with Gasteiger partial charge in [-0.15, -0.1) is 0 Å². The van der Waals surface area contributed by atoms with Gasteiger partial charge in [0.15, 0.2) is 0 Å². The van der Waals surface area contributed by atoms with Crippen LogP contribution in [0.3, 0.4) is 0 Å². The van der Waals surface area contributed by atoms with Gasteiger partial charge in [0.2, 0.25) is 0 Å². The number of aromatic nitrogens is 2. The van der Waals surface area contributed by atoms with Crippen molar-refractivity contribution >= 4 is 17.4 Å². The Bertz CT molecular complexity index is 1080. The highest BCUT2D eigenvalue weighted by Crippen LogP contribution is 2.40. The number of hydrogen-bond donors (Lipinski definition) is 1. The number of hydrogen-bond acceptors (Lipinski definition) is 5. The lowest BCUT2D eigenvalue weighted by molar-refractivity contribution is -0.140. The number of carbonyl (C=O) groups is 2. The second kappa shape index (κ2) is 7.67. The number of aryl methyl sites for hydroxylation is 1. The van der Waals surface area contributed by atoms with Gasteiger partial charge in [-0.25, -0.2) is 0 Å². The molecule has 1 N–H and O–H groups in total. The number of nitrogens with zero attached hydrogens (tertiary/aromatic N) is 3. The van der Waals surface area contributed by atoms with E-state index in [2.05, 4.69) is 9.97 Å². The number of ketones is 1. The maximum atomic E-state index is 12.9. The topological polar surface area (TPSA) is 83.4 Å². The molecule has 6 nitrogen and oxygen atoms in total. The summed E-state index contributed by atoms with van der Waals surface area (Å²) in [7, 11) is 0. The second-order valence-corrected chi connectivity index (χ2v) is 6.93. The molecule has 1 unspecified atom stereocenters. The predicted molar refractivity (Wildman–Crippen MR) is 107 cm³/mol. The molecule has 1 fully saturated rings. The molecule has 1 aromatic carbocycles. The Kier molecular flexibility index (Phi) is 4.91. The van der Waals surface area contributed by atoms with Gasteiger partial charge in [-0.05, 0) is 36.2 Å². The third kappa shape index (κ3) is 3.52. The summed E-state index contributed by atoms with van der Waals surface area (Å²) < 4.78 is 0. The van der Waals surface area contributed by atoms with Crippen LogP contribution in [0.4, 0.5) is 0 Å². The van der Waals surface area contributed by atoms with E-state index in [1.54, 1.807) is 30.6 Å². The van der Waals surface area contributed by atoms with E-state index in [1.807, 2.05) is 37.3 Å². The van der Waals surface area contributed by atoms with Gasteiger partial charge < -0.3 is 10.0 Å². The minimum Gasteiger partial charge on any atom is -0.507 e. The summed E-state index contributed by atoms with van der Waals surface area (Å²) in [6.45, 7) is 2.18. The molecule has 144 valence electrons. The first-order valence-electron chi connectivity index (χ1n) is 9.20. The lowest BCUT2D eigenvalue weighted by Gasteiger charge is -2.25. The zero-order chi connectivity index (χ0) is 20.4. The lowest BCUT2D eigenvalue weighted by atomic mass is 9.95. The molecule has 1 amide bonds. The van der Waals surface area contributed by atoms with Crippen molar-refractivity contribution in [2.24, 2.45) is 0 Å². The van der Waals surface area contributed by atoms with Gasteiger partial charge in [0.1, 0.15) is 5.76 Å².